The molecule has 0 aliphatic heterocycles. The second-order valence-electron chi connectivity index (χ2n) is 19.1. The van der Waals surface area contributed by atoms with Gasteiger partial charge in [-0.2, -0.15) is 0 Å². The SMILES string of the molecule is CCCCCCCCCCCCCCCCCCOCC#Cc1cc(C(=O)O)ccc1C(C)(C)c1ccc(C(=O)O)cc1C#CCOCCCCCCCCCCCCCCCCCC. The van der Waals surface area contributed by atoms with Crippen LogP contribution in [0, 0.1) is 23.7 Å². The van der Waals surface area contributed by atoms with Gasteiger partial charge in [-0.15, -0.1) is 0 Å². The maximum absolute atomic E-state index is 12.0. The van der Waals surface area contributed by atoms with Gasteiger partial charge in [0.25, 0.3) is 0 Å². The summed E-state index contributed by atoms with van der Waals surface area (Å²) in [4.78, 5) is 24.0. The van der Waals surface area contributed by atoms with Crippen molar-refractivity contribution < 1.29 is 29.3 Å². The van der Waals surface area contributed by atoms with E-state index in [0.717, 1.165) is 36.8 Å². The number of unbranched alkanes of at least 4 members (excludes halogenated alkanes) is 30. The molecule has 6 heteroatoms. The lowest BCUT2D eigenvalue weighted by Crippen LogP contribution is -2.23. The van der Waals surface area contributed by atoms with E-state index in [1.54, 1.807) is 24.3 Å². The summed E-state index contributed by atoms with van der Waals surface area (Å²) in [5, 5.41) is 19.6. The minimum atomic E-state index is -1.02. The maximum atomic E-state index is 12.0. The molecule has 0 saturated heterocycles. The molecule has 0 amide bonds. The Morgan fingerprint density at radius 1 is 0.431 bits per heavy atom. The van der Waals surface area contributed by atoms with E-state index in [4.69, 9.17) is 9.47 Å². The van der Waals surface area contributed by atoms with Crippen molar-refractivity contribution in [3.8, 4) is 23.7 Å². The number of hydrogen-bond donors (Lipinski definition) is 2. The highest BCUT2D eigenvalue weighted by Crippen LogP contribution is 2.36. The summed E-state index contributed by atoms with van der Waals surface area (Å²) in [5.74, 6) is 10.6. The summed E-state index contributed by atoms with van der Waals surface area (Å²) < 4.78 is 11.7. The van der Waals surface area contributed by atoms with Crippen LogP contribution in [0.15, 0.2) is 36.4 Å². The minimum absolute atomic E-state index is 0.158. The topological polar surface area (TPSA) is 93.1 Å². The quantitative estimate of drug-likeness (QED) is 0.0511. The van der Waals surface area contributed by atoms with Gasteiger partial charge in [-0.3, -0.25) is 0 Å². The van der Waals surface area contributed by atoms with Crippen LogP contribution in [0.4, 0.5) is 0 Å². The van der Waals surface area contributed by atoms with Crippen LogP contribution in [0.1, 0.15) is 276 Å². The van der Waals surface area contributed by atoms with Gasteiger partial charge in [-0.25, -0.2) is 9.59 Å². The zero-order valence-corrected chi connectivity index (χ0v) is 41.9. The molecular formula is C59H92O6. The molecule has 0 spiro atoms. The first-order chi connectivity index (χ1) is 31.7. The molecule has 0 saturated carbocycles. The number of benzene rings is 2. The third kappa shape index (κ3) is 27.6. The van der Waals surface area contributed by atoms with Crippen LogP contribution in [0.3, 0.4) is 0 Å². The Bertz CT molecular complexity index is 1550. The molecule has 2 rings (SSSR count). The van der Waals surface area contributed by atoms with Gasteiger partial charge in [-0.05, 0) is 48.2 Å². The molecular weight excluding hydrogens is 805 g/mol. The summed E-state index contributed by atoms with van der Waals surface area (Å²) >= 11 is 0. The van der Waals surface area contributed by atoms with Gasteiger partial charge in [0.2, 0.25) is 0 Å². The predicted molar refractivity (Wildman–Crippen MR) is 273 cm³/mol. The Morgan fingerprint density at radius 2 is 0.692 bits per heavy atom. The molecule has 0 unspecified atom stereocenters. The Morgan fingerprint density at radius 3 is 0.954 bits per heavy atom. The fraction of sp³-hybridized carbons (Fsp3) is 0.695. The zero-order valence-electron chi connectivity index (χ0n) is 41.9. The van der Waals surface area contributed by atoms with Gasteiger partial charge < -0.3 is 19.7 Å². The number of carboxylic acid groups (broad SMARTS) is 2. The highest BCUT2D eigenvalue weighted by Gasteiger charge is 2.29. The fourth-order valence-corrected chi connectivity index (χ4v) is 8.81. The molecule has 2 aromatic rings. The van der Waals surface area contributed by atoms with E-state index in [2.05, 4.69) is 37.5 Å². The summed E-state index contributed by atoms with van der Waals surface area (Å²) in [6, 6.07) is 10.1. The molecule has 364 valence electrons. The molecule has 0 aromatic heterocycles. The van der Waals surface area contributed by atoms with Crippen molar-refractivity contribution in [3.05, 3.63) is 69.8 Å². The lowest BCUT2D eigenvalue weighted by molar-refractivity contribution is 0.0686. The van der Waals surface area contributed by atoms with E-state index in [0.29, 0.717) is 24.3 Å². The standard InChI is InChI=1S/C59H92O6/c1-5-7-9-11-13-15-17-19-21-23-25-27-29-31-33-35-45-64-47-37-39-51-49-53(57(60)61)41-43-55(51)59(3,4)56-44-42-54(58(62)63)50-52(56)40-38-48-65-46-36-34-32-30-28-26-24-22-20-18-16-14-12-10-8-6-2/h41-44,49-50H,5-36,45-48H2,1-4H3,(H,60,61)(H,62,63). The summed E-state index contributed by atoms with van der Waals surface area (Å²) in [5.41, 5.74) is 2.51. The third-order valence-electron chi connectivity index (χ3n) is 13.0. The number of ether oxygens (including phenoxy) is 2. The molecule has 0 bridgehead atoms. The van der Waals surface area contributed by atoms with Gasteiger partial charge in [0, 0.05) is 29.8 Å². The second kappa shape index (κ2) is 38.5. The molecule has 2 aromatic carbocycles. The van der Waals surface area contributed by atoms with Gasteiger partial charge in [-0.1, -0.05) is 256 Å². The van der Waals surface area contributed by atoms with E-state index in [1.807, 2.05) is 26.0 Å². The van der Waals surface area contributed by atoms with Gasteiger partial charge in [0.1, 0.15) is 13.2 Å². The normalized spacial score (nSPS) is 11.3. The monoisotopic (exact) mass is 897 g/mol. The molecule has 0 aliphatic carbocycles. The molecule has 0 heterocycles. The van der Waals surface area contributed by atoms with Gasteiger partial charge in [0.15, 0.2) is 0 Å². The Balaban J connectivity index is 1.79. The number of carboxylic acids is 2. The van der Waals surface area contributed by atoms with Crippen molar-refractivity contribution in [2.45, 2.75) is 239 Å². The maximum Gasteiger partial charge on any atom is 0.335 e. The molecule has 0 fully saturated rings. The van der Waals surface area contributed by atoms with Crippen LogP contribution in [-0.2, 0) is 14.9 Å². The number of rotatable bonds is 40. The van der Waals surface area contributed by atoms with Gasteiger partial charge >= 0.3 is 11.9 Å². The van der Waals surface area contributed by atoms with Crippen LogP contribution in [0.25, 0.3) is 0 Å². The average molecular weight is 897 g/mol. The van der Waals surface area contributed by atoms with Crippen LogP contribution in [-0.4, -0.2) is 48.6 Å². The molecule has 65 heavy (non-hydrogen) atoms. The largest absolute Gasteiger partial charge is 0.478 e. The first-order valence-electron chi connectivity index (χ1n) is 26.6. The average Bonchev–Trinajstić information content (AvgIpc) is 3.30. The minimum Gasteiger partial charge on any atom is -0.478 e. The highest BCUT2D eigenvalue weighted by molar-refractivity contribution is 5.89. The van der Waals surface area contributed by atoms with Crippen molar-refractivity contribution in [3.63, 3.8) is 0 Å². The van der Waals surface area contributed by atoms with Crippen LogP contribution in [0.2, 0.25) is 0 Å². The fourth-order valence-electron chi connectivity index (χ4n) is 8.81. The van der Waals surface area contributed by atoms with E-state index >= 15 is 0 Å². The van der Waals surface area contributed by atoms with E-state index < -0.39 is 17.4 Å². The van der Waals surface area contributed by atoms with Crippen LogP contribution < -0.4 is 0 Å². The number of carbonyl (C=O) groups is 2. The second-order valence-corrected chi connectivity index (χ2v) is 19.1. The highest BCUT2D eigenvalue weighted by atomic mass is 16.5. The lowest BCUT2D eigenvalue weighted by Gasteiger charge is -2.29. The Hall–Kier alpha value is -3.58. The molecule has 0 atom stereocenters. The van der Waals surface area contributed by atoms with E-state index in [1.165, 1.54) is 180 Å². The van der Waals surface area contributed by atoms with Crippen molar-refractivity contribution in [2.24, 2.45) is 0 Å². The predicted octanol–water partition coefficient (Wildman–Crippen LogP) is 16.7. The molecule has 0 radical (unpaired) electrons. The molecule has 0 aliphatic rings. The van der Waals surface area contributed by atoms with Crippen molar-refractivity contribution in [2.75, 3.05) is 26.4 Å². The van der Waals surface area contributed by atoms with Crippen molar-refractivity contribution >= 4 is 11.9 Å². The summed E-state index contributed by atoms with van der Waals surface area (Å²) in [7, 11) is 0. The van der Waals surface area contributed by atoms with Crippen molar-refractivity contribution in [1.82, 2.24) is 0 Å². The van der Waals surface area contributed by atoms with E-state index in [9.17, 15) is 19.8 Å². The Labute approximate surface area is 398 Å². The van der Waals surface area contributed by atoms with Gasteiger partial charge in [0.05, 0.1) is 11.1 Å². The first kappa shape index (κ1) is 57.5. The van der Waals surface area contributed by atoms with Crippen LogP contribution >= 0.6 is 0 Å². The third-order valence-corrected chi connectivity index (χ3v) is 13.0. The summed E-state index contributed by atoms with van der Waals surface area (Å²) in [6.07, 6.45) is 42.5. The lowest BCUT2D eigenvalue weighted by atomic mass is 9.73. The number of hydrogen-bond acceptors (Lipinski definition) is 4. The summed E-state index contributed by atoms with van der Waals surface area (Å²) in [6.45, 7) is 10.5. The van der Waals surface area contributed by atoms with E-state index in [-0.39, 0.29) is 24.3 Å². The number of aromatic carboxylic acids is 2. The van der Waals surface area contributed by atoms with Crippen molar-refractivity contribution in [1.29, 1.82) is 0 Å². The Kier molecular flexibility index (Phi) is 34.1. The smallest absolute Gasteiger partial charge is 0.335 e. The molecule has 2 N–H and O–H groups in total. The first-order valence-corrected chi connectivity index (χ1v) is 26.6. The van der Waals surface area contributed by atoms with Crippen LogP contribution in [0.5, 0.6) is 0 Å². The molecule has 6 nitrogen and oxygen atoms in total. The zero-order chi connectivity index (χ0) is 47.1.